The lowest BCUT2D eigenvalue weighted by Gasteiger charge is -2.21. The number of primary amides is 1. The van der Waals surface area contributed by atoms with Crippen LogP contribution in [0.5, 0.6) is 0 Å². The van der Waals surface area contributed by atoms with Crippen LogP contribution in [0.3, 0.4) is 0 Å². The first-order chi connectivity index (χ1) is 11.1. The summed E-state index contributed by atoms with van der Waals surface area (Å²) in [5.74, 6) is -0.0516. The van der Waals surface area contributed by atoms with Gasteiger partial charge < -0.3 is 16.0 Å². The molecule has 2 aromatic rings. The van der Waals surface area contributed by atoms with E-state index in [2.05, 4.69) is 10.3 Å². The second-order valence-corrected chi connectivity index (χ2v) is 5.62. The Labute approximate surface area is 134 Å². The number of anilines is 2. The Morgan fingerprint density at radius 3 is 2.74 bits per heavy atom. The molecule has 0 aliphatic carbocycles. The summed E-state index contributed by atoms with van der Waals surface area (Å²) in [5.41, 5.74) is 6.51. The molecule has 6 nitrogen and oxygen atoms in total. The molecule has 1 aliphatic rings. The van der Waals surface area contributed by atoms with Gasteiger partial charge in [-0.2, -0.15) is 0 Å². The van der Waals surface area contributed by atoms with Crippen molar-refractivity contribution in [2.24, 2.45) is 5.73 Å². The monoisotopic (exact) mass is 310 g/mol. The molecule has 1 fully saturated rings. The highest BCUT2D eigenvalue weighted by atomic mass is 16.2. The van der Waals surface area contributed by atoms with Crippen molar-refractivity contribution in [2.75, 3.05) is 10.2 Å². The maximum absolute atomic E-state index is 12.7. The van der Waals surface area contributed by atoms with Gasteiger partial charge in [0.05, 0.1) is 0 Å². The number of para-hydroxylation sites is 1. The largest absolute Gasteiger partial charge is 0.366 e. The number of benzene rings is 1. The van der Waals surface area contributed by atoms with Crippen molar-refractivity contribution in [2.45, 2.75) is 25.4 Å². The summed E-state index contributed by atoms with van der Waals surface area (Å²) >= 11 is 0. The van der Waals surface area contributed by atoms with E-state index in [4.69, 9.17) is 5.73 Å². The lowest BCUT2D eigenvalue weighted by molar-refractivity contribution is -0.117. The number of carbonyl (C=O) groups is 2. The van der Waals surface area contributed by atoms with Gasteiger partial charge in [0.25, 0.3) is 0 Å². The van der Waals surface area contributed by atoms with E-state index in [9.17, 15) is 9.59 Å². The summed E-state index contributed by atoms with van der Waals surface area (Å²) in [5, 5.41) is 3.11. The number of rotatable bonds is 4. The molecule has 1 aliphatic heterocycles. The predicted octanol–water partition coefficient (Wildman–Crippen LogP) is 1.79. The molecule has 3 N–H and O–H groups in total. The summed E-state index contributed by atoms with van der Waals surface area (Å²) in [6.45, 7) is 2.01. The second-order valence-electron chi connectivity index (χ2n) is 5.62. The fourth-order valence-electron chi connectivity index (χ4n) is 2.86. The van der Waals surface area contributed by atoms with E-state index < -0.39 is 5.91 Å². The third-order valence-corrected chi connectivity index (χ3v) is 3.95. The van der Waals surface area contributed by atoms with Crippen LogP contribution < -0.4 is 16.0 Å². The minimum atomic E-state index is -0.521. The Morgan fingerprint density at radius 2 is 2.04 bits per heavy atom. The molecule has 1 saturated heterocycles. The number of hydrogen-bond donors (Lipinski definition) is 2. The van der Waals surface area contributed by atoms with E-state index in [1.165, 1.54) is 6.20 Å². The van der Waals surface area contributed by atoms with E-state index in [-0.39, 0.29) is 18.0 Å². The molecule has 3 rings (SSSR count). The maximum atomic E-state index is 12.7. The fraction of sp³-hybridized carbons (Fsp3) is 0.235. The Balaban J connectivity index is 1.79. The molecule has 0 saturated carbocycles. The van der Waals surface area contributed by atoms with Gasteiger partial charge in [-0.05, 0) is 37.6 Å². The van der Waals surface area contributed by atoms with E-state index in [0.29, 0.717) is 17.8 Å². The highest BCUT2D eigenvalue weighted by Crippen LogP contribution is 2.28. The molecule has 6 heteroatoms. The zero-order chi connectivity index (χ0) is 16.4. The highest BCUT2D eigenvalue weighted by Gasteiger charge is 2.38. The van der Waals surface area contributed by atoms with Gasteiger partial charge in [0.15, 0.2) is 0 Å². The number of amides is 2. The summed E-state index contributed by atoms with van der Waals surface area (Å²) in [6, 6.07) is 12.4. The first kappa shape index (κ1) is 15.0. The van der Waals surface area contributed by atoms with Crippen LogP contribution >= 0.6 is 0 Å². The number of nitrogens with zero attached hydrogens (tertiary/aromatic N) is 2. The zero-order valence-electron chi connectivity index (χ0n) is 12.8. The molecule has 118 valence electrons. The second kappa shape index (κ2) is 6.08. The Bertz CT molecular complexity index is 732. The minimum absolute atomic E-state index is 0.00465. The third kappa shape index (κ3) is 3.01. The molecular formula is C17H18N4O2. The Kier molecular flexibility index (Phi) is 3.97. The molecule has 2 atom stereocenters. The number of nitrogens with two attached hydrogens (primary N) is 1. The van der Waals surface area contributed by atoms with Crippen molar-refractivity contribution in [3.8, 4) is 0 Å². The van der Waals surface area contributed by atoms with Crippen LogP contribution in [0.2, 0.25) is 0 Å². The Morgan fingerprint density at radius 1 is 1.30 bits per heavy atom. The van der Waals surface area contributed by atoms with Gasteiger partial charge in [-0.3, -0.25) is 9.59 Å². The van der Waals surface area contributed by atoms with Crippen molar-refractivity contribution >= 4 is 23.3 Å². The van der Waals surface area contributed by atoms with Gasteiger partial charge in [0.2, 0.25) is 11.8 Å². The summed E-state index contributed by atoms with van der Waals surface area (Å²) in [6.07, 6.45) is 2.16. The Hall–Kier alpha value is -2.89. The van der Waals surface area contributed by atoms with Crippen LogP contribution in [-0.2, 0) is 4.79 Å². The summed E-state index contributed by atoms with van der Waals surface area (Å²) in [7, 11) is 0. The van der Waals surface area contributed by atoms with Crippen LogP contribution in [-0.4, -0.2) is 28.9 Å². The molecule has 23 heavy (non-hydrogen) atoms. The van der Waals surface area contributed by atoms with Crippen LogP contribution in [0, 0.1) is 0 Å². The number of hydrogen-bond acceptors (Lipinski definition) is 4. The van der Waals surface area contributed by atoms with Crippen molar-refractivity contribution in [1.29, 1.82) is 0 Å². The molecule has 0 spiro atoms. The molecule has 1 aromatic carbocycles. The van der Waals surface area contributed by atoms with Gasteiger partial charge in [-0.25, -0.2) is 4.98 Å². The molecule has 2 amide bonds. The first-order valence-electron chi connectivity index (χ1n) is 7.47. The van der Waals surface area contributed by atoms with E-state index >= 15 is 0 Å². The summed E-state index contributed by atoms with van der Waals surface area (Å²) in [4.78, 5) is 29.9. The van der Waals surface area contributed by atoms with Gasteiger partial charge in [0.1, 0.15) is 11.9 Å². The van der Waals surface area contributed by atoms with Crippen LogP contribution in [0.15, 0.2) is 48.7 Å². The fourth-order valence-corrected chi connectivity index (χ4v) is 2.86. The smallest absolute Gasteiger partial charge is 0.249 e. The van der Waals surface area contributed by atoms with Crippen LogP contribution in [0.25, 0.3) is 0 Å². The quantitative estimate of drug-likeness (QED) is 0.901. The van der Waals surface area contributed by atoms with Crippen LogP contribution in [0.1, 0.15) is 23.7 Å². The molecule has 0 radical (unpaired) electrons. The number of carbonyl (C=O) groups excluding carboxylic acids is 2. The first-order valence-corrected chi connectivity index (χ1v) is 7.47. The van der Waals surface area contributed by atoms with Crippen LogP contribution in [0.4, 0.5) is 11.5 Å². The highest BCUT2D eigenvalue weighted by molar-refractivity contribution is 6.01. The maximum Gasteiger partial charge on any atom is 0.249 e. The van der Waals surface area contributed by atoms with Gasteiger partial charge in [0, 0.05) is 23.5 Å². The SMILES string of the molecule is C[C@H]1C[C@H](Nc2cc(C(N)=O)ccn2)C(=O)N1c1ccccc1. The lowest BCUT2D eigenvalue weighted by atomic mass is 10.2. The van der Waals surface area contributed by atoms with Crippen molar-refractivity contribution < 1.29 is 9.59 Å². The topological polar surface area (TPSA) is 88.3 Å². The molecular weight excluding hydrogens is 292 g/mol. The van der Waals surface area contributed by atoms with E-state index in [1.54, 1.807) is 17.0 Å². The lowest BCUT2D eigenvalue weighted by Crippen LogP contribution is -2.35. The van der Waals surface area contributed by atoms with Crippen molar-refractivity contribution in [3.05, 3.63) is 54.2 Å². The molecule has 0 bridgehead atoms. The average Bonchev–Trinajstić information content (AvgIpc) is 2.82. The van der Waals surface area contributed by atoms with Gasteiger partial charge >= 0.3 is 0 Å². The third-order valence-electron chi connectivity index (χ3n) is 3.95. The summed E-state index contributed by atoms with van der Waals surface area (Å²) < 4.78 is 0. The predicted molar refractivity (Wildman–Crippen MR) is 88.2 cm³/mol. The number of pyridine rings is 1. The van der Waals surface area contributed by atoms with Crippen molar-refractivity contribution in [1.82, 2.24) is 4.98 Å². The van der Waals surface area contributed by atoms with E-state index in [1.807, 2.05) is 37.3 Å². The average molecular weight is 310 g/mol. The number of nitrogens with one attached hydrogen (secondary N) is 1. The van der Waals surface area contributed by atoms with Crippen molar-refractivity contribution in [3.63, 3.8) is 0 Å². The molecule has 1 aromatic heterocycles. The molecule has 2 heterocycles. The van der Waals surface area contributed by atoms with Gasteiger partial charge in [-0.15, -0.1) is 0 Å². The number of aromatic nitrogens is 1. The van der Waals surface area contributed by atoms with Gasteiger partial charge in [-0.1, -0.05) is 18.2 Å². The minimum Gasteiger partial charge on any atom is -0.366 e. The zero-order valence-corrected chi connectivity index (χ0v) is 12.8. The normalized spacial score (nSPS) is 20.6. The van der Waals surface area contributed by atoms with E-state index in [0.717, 1.165) is 5.69 Å². The standard InChI is InChI=1S/C17H18N4O2/c1-11-9-14(17(23)21(11)13-5-3-2-4-6-13)20-15-10-12(16(18)22)7-8-19-15/h2-8,10-11,14H,9H2,1H3,(H2,18,22)(H,19,20)/t11-,14-/m0/s1. The molecule has 0 unspecified atom stereocenters.